The van der Waals surface area contributed by atoms with Crippen molar-refractivity contribution in [2.24, 2.45) is 0 Å². The lowest BCUT2D eigenvalue weighted by molar-refractivity contribution is -0.132. The summed E-state index contributed by atoms with van der Waals surface area (Å²) in [5.41, 5.74) is 3.07. The number of rotatable bonds is 19. The lowest BCUT2D eigenvalue weighted by Crippen LogP contribution is -2.57. The molecule has 2 aliphatic heterocycles. The summed E-state index contributed by atoms with van der Waals surface area (Å²) in [6.45, 7) is 10.7. The minimum Gasteiger partial charge on any atom is -0.506 e. The first-order valence-electron chi connectivity index (χ1n) is 20.9. The van der Waals surface area contributed by atoms with Gasteiger partial charge in [0.15, 0.2) is 0 Å². The Labute approximate surface area is 344 Å². The first kappa shape index (κ1) is 41.8. The van der Waals surface area contributed by atoms with Crippen LogP contribution in [0, 0.1) is 0 Å². The number of nitrogens with zero attached hydrogens (tertiary/aromatic N) is 4. The normalized spacial score (nSPS) is 16.3. The number of likely N-dealkylation sites (tertiary alicyclic amines) is 1. The van der Waals surface area contributed by atoms with E-state index >= 15 is 0 Å². The van der Waals surface area contributed by atoms with Gasteiger partial charge in [-0.05, 0) is 84.6 Å². The highest BCUT2D eigenvalue weighted by Crippen LogP contribution is 2.36. The summed E-state index contributed by atoms with van der Waals surface area (Å²) in [7, 11) is 0. The fourth-order valence-corrected chi connectivity index (χ4v) is 9.07. The maximum atomic E-state index is 13.2. The van der Waals surface area contributed by atoms with Gasteiger partial charge in [0, 0.05) is 75.7 Å². The van der Waals surface area contributed by atoms with Crippen molar-refractivity contribution in [1.82, 2.24) is 24.5 Å². The van der Waals surface area contributed by atoms with Crippen LogP contribution in [-0.2, 0) is 27.1 Å². The Hall–Kier alpha value is -4.37. The van der Waals surface area contributed by atoms with E-state index in [1.54, 1.807) is 23.7 Å². The number of carbonyl (C=O) groups excluding carboxylic acids is 1. The molecule has 0 saturated carbocycles. The molecule has 0 bridgehead atoms. The van der Waals surface area contributed by atoms with E-state index < -0.39 is 6.10 Å². The van der Waals surface area contributed by atoms with E-state index in [1.165, 1.54) is 33.3 Å². The number of aliphatic hydroxyl groups excluding tert-OH is 1. The van der Waals surface area contributed by atoms with Crippen LogP contribution in [0.4, 0.5) is 5.82 Å². The minimum absolute atomic E-state index is 0.0437. The number of morpholine rings is 1. The number of unbranched alkanes of at least 4 members (excludes halogenated alkanes) is 1. The summed E-state index contributed by atoms with van der Waals surface area (Å²) in [6.07, 6.45) is 5.25. The average Bonchev–Trinajstić information content (AvgIpc) is 3.68. The maximum Gasteiger partial charge on any atom is 0.248 e. The number of H-pyrrole nitrogens is 1. The predicted octanol–water partition coefficient (Wildman–Crippen LogP) is 5.66. The quantitative estimate of drug-likeness (QED) is 0.0773. The first-order chi connectivity index (χ1) is 28.3. The number of piperidine rings is 1. The molecule has 4 heterocycles. The second-order valence-electron chi connectivity index (χ2n) is 15.7. The molecule has 2 fully saturated rings. The van der Waals surface area contributed by atoms with Crippen LogP contribution >= 0.6 is 11.5 Å². The molecule has 2 saturated heterocycles. The predicted molar refractivity (Wildman–Crippen MR) is 231 cm³/mol. The van der Waals surface area contributed by atoms with Gasteiger partial charge in [-0.1, -0.05) is 55.8 Å². The van der Waals surface area contributed by atoms with E-state index in [0.29, 0.717) is 55.7 Å². The molecular formula is C45H58N6O6S. The lowest BCUT2D eigenvalue weighted by Gasteiger charge is -2.47. The molecule has 2 aliphatic rings. The number of phenolic OH excluding ortho intramolecular Hbond substituents is 1. The van der Waals surface area contributed by atoms with Crippen LogP contribution in [0.15, 0.2) is 77.6 Å². The molecule has 58 heavy (non-hydrogen) atoms. The fourth-order valence-electron chi connectivity index (χ4n) is 8.27. The number of hydrogen-bond acceptors (Lipinski definition) is 11. The van der Waals surface area contributed by atoms with Crippen molar-refractivity contribution in [3.63, 3.8) is 0 Å². The molecule has 13 heteroatoms. The number of benzene rings is 3. The topological polar surface area (TPSA) is 143 Å². The molecule has 12 nitrogen and oxygen atoms in total. The van der Waals surface area contributed by atoms with Crippen LogP contribution in [0.1, 0.15) is 61.8 Å². The second-order valence-corrected chi connectivity index (χ2v) is 16.5. The molecule has 1 spiro atoms. The number of aromatic amines is 1. The number of anilines is 1. The number of hydrogen-bond donors (Lipinski definition) is 4. The number of pyridine rings is 1. The van der Waals surface area contributed by atoms with Crippen LogP contribution in [-0.4, -0.2) is 120 Å². The molecule has 0 radical (unpaired) electrons. The molecule has 1 atom stereocenters. The van der Waals surface area contributed by atoms with Gasteiger partial charge in [-0.15, -0.1) is 0 Å². The van der Waals surface area contributed by atoms with Gasteiger partial charge in [0.1, 0.15) is 11.6 Å². The molecule has 2 aromatic heterocycles. The van der Waals surface area contributed by atoms with Crippen molar-refractivity contribution in [2.45, 2.75) is 63.6 Å². The Morgan fingerprint density at radius 1 is 1.02 bits per heavy atom. The molecule has 1 amide bonds. The standard InChI is InChI=1S/C45H58N6O6S/c1-2-3-21-50(25-20-46-31-39(53)35-11-13-38(52)43-36(35)12-14-41(54)47-43)42(55)17-28-56-27-16-34-8-6-7-33(30-34)15-22-49-23-18-45(19-24-49)32-51(26-29-57-45)44-37-9-4-5-10-40(37)58-48-44/h4-14,30,39,46,52-53H,2-3,15-29,31-32H2,1H3,(H,47,54)/t39-/m0/s1. The van der Waals surface area contributed by atoms with Crippen LogP contribution in [0.3, 0.4) is 0 Å². The highest BCUT2D eigenvalue weighted by atomic mass is 32.1. The van der Waals surface area contributed by atoms with Crippen LogP contribution in [0.5, 0.6) is 5.75 Å². The molecular weight excluding hydrogens is 753 g/mol. The SMILES string of the molecule is CCCCN(CCNC[C@H](O)c1ccc(O)c2[nH]c(=O)ccc12)C(=O)CCOCCc1cccc(CCN2CCC3(CC2)CN(c2nsc4ccccc24)CCO3)c1. The van der Waals surface area contributed by atoms with Crippen molar-refractivity contribution in [3.05, 3.63) is 99.8 Å². The van der Waals surface area contributed by atoms with E-state index in [2.05, 4.69) is 75.6 Å². The average molecular weight is 811 g/mol. The molecule has 5 aromatic rings. The summed E-state index contributed by atoms with van der Waals surface area (Å²) in [4.78, 5) is 34.5. The molecule has 7 rings (SSSR count). The highest BCUT2D eigenvalue weighted by Gasteiger charge is 2.40. The van der Waals surface area contributed by atoms with Gasteiger partial charge in [0.25, 0.3) is 0 Å². The van der Waals surface area contributed by atoms with E-state index in [1.807, 2.05) is 4.90 Å². The second kappa shape index (κ2) is 20.1. The molecule has 0 aliphatic carbocycles. The summed E-state index contributed by atoms with van der Waals surface area (Å²) in [5, 5.41) is 26.2. The van der Waals surface area contributed by atoms with Crippen LogP contribution in [0.2, 0.25) is 0 Å². The number of aromatic hydroxyl groups is 1. The monoisotopic (exact) mass is 810 g/mol. The zero-order valence-corrected chi connectivity index (χ0v) is 34.5. The van der Waals surface area contributed by atoms with Gasteiger partial charge in [-0.2, -0.15) is 4.37 Å². The van der Waals surface area contributed by atoms with Crippen molar-refractivity contribution >= 4 is 44.2 Å². The lowest BCUT2D eigenvalue weighted by atomic mass is 9.89. The van der Waals surface area contributed by atoms with Crippen molar-refractivity contribution in [2.75, 3.05) is 83.6 Å². The van der Waals surface area contributed by atoms with Gasteiger partial charge in [0.2, 0.25) is 11.5 Å². The number of ether oxygens (including phenoxy) is 2. The highest BCUT2D eigenvalue weighted by molar-refractivity contribution is 7.13. The molecule has 0 unspecified atom stereocenters. The van der Waals surface area contributed by atoms with Gasteiger partial charge in [-0.3, -0.25) is 9.59 Å². The van der Waals surface area contributed by atoms with E-state index in [0.717, 1.165) is 83.7 Å². The van der Waals surface area contributed by atoms with Crippen molar-refractivity contribution in [1.29, 1.82) is 0 Å². The number of amides is 1. The Kier molecular flexibility index (Phi) is 14.4. The number of nitrogens with one attached hydrogen (secondary N) is 2. The van der Waals surface area contributed by atoms with Crippen LogP contribution in [0.25, 0.3) is 21.0 Å². The summed E-state index contributed by atoms with van der Waals surface area (Å²) in [5.74, 6) is 1.13. The Balaban J connectivity index is 0.791. The largest absolute Gasteiger partial charge is 0.506 e. The number of aromatic nitrogens is 2. The number of aliphatic hydroxyl groups is 1. The van der Waals surface area contributed by atoms with E-state index in [9.17, 15) is 19.8 Å². The van der Waals surface area contributed by atoms with E-state index in [4.69, 9.17) is 13.8 Å². The molecule has 4 N–H and O–H groups in total. The van der Waals surface area contributed by atoms with Gasteiger partial charge in [0.05, 0.1) is 48.2 Å². The van der Waals surface area contributed by atoms with Crippen molar-refractivity contribution in [3.8, 4) is 5.75 Å². The fraction of sp³-hybridized carbons (Fsp3) is 0.489. The zero-order chi connectivity index (χ0) is 40.3. The number of phenols is 1. The Morgan fingerprint density at radius 2 is 1.84 bits per heavy atom. The minimum atomic E-state index is -0.855. The summed E-state index contributed by atoms with van der Waals surface area (Å²) < 4.78 is 18.5. The third-order valence-corrected chi connectivity index (χ3v) is 12.5. The van der Waals surface area contributed by atoms with Gasteiger partial charge in [-0.25, -0.2) is 0 Å². The third-order valence-electron chi connectivity index (χ3n) is 11.7. The smallest absolute Gasteiger partial charge is 0.248 e. The van der Waals surface area contributed by atoms with Crippen LogP contribution < -0.4 is 15.8 Å². The summed E-state index contributed by atoms with van der Waals surface area (Å²) >= 11 is 1.58. The van der Waals surface area contributed by atoms with E-state index in [-0.39, 0.29) is 29.4 Å². The molecule has 3 aromatic carbocycles. The maximum absolute atomic E-state index is 13.2. The van der Waals surface area contributed by atoms with Crippen molar-refractivity contribution < 1.29 is 24.5 Å². The third kappa shape index (κ3) is 10.6. The number of fused-ring (bicyclic) bond motifs is 2. The number of carbonyl (C=O) groups is 1. The zero-order valence-electron chi connectivity index (χ0n) is 33.7. The Bertz CT molecular complexity index is 2170. The van der Waals surface area contributed by atoms with Gasteiger partial charge < -0.3 is 44.7 Å². The summed E-state index contributed by atoms with van der Waals surface area (Å²) in [6, 6.07) is 23.4. The Morgan fingerprint density at radius 3 is 2.69 bits per heavy atom. The molecule has 310 valence electrons. The van der Waals surface area contributed by atoms with Gasteiger partial charge >= 0.3 is 0 Å². The first-order valence-corrected chi connectivity index (χ1v) is 21.7.